The summed E-state index contributed by atoms with van der Waals surface area (Å²) in [5, 5.41) is 3.09. The van der Waals surface area contributed by atoms with Crippen molar-refractivity contribution in [2.45, 2.75) is 37.7 Å². The first-order valence-corrected chi connectivity index (χ1v) is 11.1. The number of hydrogen-bond acceptors (Lipinski definition) is 4. The number of anilines is 1. The van der Waals surface area contributed by atoms with Gasteiger partial charge in [-0.25, -0.2) is 14.0 Å². The summed E-state index contributed by atoms with van der Waals surface area (Å²) >= 11 is 0. The molecule has 2 fully saturated rings. The molecule has 1 aliphatic carbocycles. The lowest BCUT2D eigenvalue weighted by atomic mass is 10.0. The molecule has 0 bridgehead atoms. The van der Waals surface area contributed by atoms with Crippen LogP contribution in [0.2, 0.25) is 0 Å². The topological polar surface area (TPSA) is 107 Å². The van der Waals surface area contributed by atoms with Gasteiger partial charge in [0.15, 0.2) is 5.78 Å². The van der Waals surface area contributed by atoms with Gasteiger partial charge in [-0.1, -0.05) is 12.1 Å². The minimum absolute atomic E-state index is 0.138. The van der Waals surface area contributed by atoms with Gasteiger partial charge in [0.05, 0.1) is 17.2 Å². The maximum atomic E-state index is 13.7. The molecule has 3 N–H and O–H groups in total. The zero-order valence-corrected chi connectivity index (χ0v) is 18.6. The van der Waals surface area contributed by atoms with Crippen molar-refractivity contribution in [3.8, 4) is 5.75 Å². The van der Waals surface area contributed by atoms with E-state index in [4.69, 9.17) is 5.73 Å². The predicted octanol–water partition coefficient (Wildman–Crippen LogP) is 4.41. The largest absolute Gasteiger partial charge is 0.573 e. The van der Waals surface area contributed by atoms with Crippen LogP contribution >= 0.6 is 0 Å². The van der Waals surface area contributed by atoms with Crippen LogP contribution in [0.25, 0.3) is 10.9 Å². The molecular weight excluding hydrogens is 484 g/mol. The number of alkyl halides is 3. The first-order valence-electron chi connectivity index (χ1n) is 11.1. The summed E-state index contributed by atoms with van der Waals surface area (Å²) in [6.07, 6.45) is -2.56. The lowest BCUT2D eigenvalue weighted by Gasteiger charge is -2.27. The number of urea groups is 1. The summed E-state index contributed by atoms with van der Waals surface area (Å²) in [6.45, 7) is 0. The number of nitrogens with zero attached hydrogens (tertiary/aromatic N) is 2. The molecule has 2 unspecified atom stereocenters. The van der Waals surface area contributed by atoms with Crippen molar-refractivity contribution in [1.29, 1.82) is 0 Å². The Hall–Kier alpha value is -4.09. The van der Waals surface area contributed by atoms with Gasteiger partial charge in [0.25, 0.3) is 0 Å². The van der Waals surface area contributed by atoms with E-state index in [1.54, 1.807) is 0 Å². The SMILES string of the molecule is NC(=O)n1cc(NC(=O)N2C3CC3C[C@H]2C(=O)Cc2cccc(OC(F)(F)F)c2)c2ccc(F)cc21. The van der Waals surface area contributed by atoms with Gasteiger partial charge in [-0.15, -0.1) is 13.2 Å². The standard InChI is InChI=1S/C24H20F4N4O4/c25-14-4-5-16-17(11-31(22(29)34)19(16)10-14)30-23(35)32-18-8-13(18)9-20(32)21(33)7-12-2-1-3-15(6-12)36-24(26,27)28/h1-6,10-11,13,18,20H,7-9H2,(H2,29,34)(H,30,35)/t13?,18?,20-/m0/s1. The summed E-state index contributed by atoms with van der Waals surface area (Å²) in [5.41, 5.74) is 6.10. The van der Waals surface area contributed by atoms with E-state index >= 15 is 0 Å². The third-order valence-electron chi connectivity index (χ3n) is 6.47. The number of carbonyl (C=O) groups is 3. The molecule has 0 spiro atoms. The Balaban J connectivity index is 1.34. The second kappa shape index (κ2) is 8.54. The summed E-state index contributed by atoms with van der Waals surface area (Å²) < 4.78 is 56.2. The Morgan fingerprint density at radius 2 is 1.89 bits per heavy atom. The number of halogens is 4. The number of nitrogens with one attached hydrogen (secondary N) is 1. The Morgan fingerprint density at radius 1 is 1.11 bits per heavy atom. The molecule has 0 radical (unpaired) electrons. The van der Waals surface area contributed by atoms with Gasteiger partial charge in [0, 0.05) is 24.0 Å². The molecule has 3 amide bonds. The Kier molecular flexibility index (Phi) is 5.61. The highest BCUT2D eigenvalue weighted by Gasteiger charge is 2.55. The monoisotopic (exact) mass is 504 g/mol. The number of primary amides is 1. The molecule has 8 nitrogen and oxygen atoms in total. The van der Waals surface area contributed by atoms with Gasteiger partial charge < -0.3 is 20.7 Å². The lowest BCUT2D eigenvalue weighted by Crippen LogP contribution is -2.45. The fraction of sp³-hybridized carbons (Fsp3) is 0.292. The van der Waals surface area contributed by atoms with Crippen molar-refractivity contribution in [2.24, 2.45) is 11.7 Å². The average Bonchev–Trinajstić information content (AvgIpc) is 3.29. The Morgan fingerprint density at radius 3 is 2.61 bits per heavy atom. The highest BCUT2D eigenvalue weighted by molar-refractivity contribution is 6.05. The summed E-state index contributed by atoms with van der Waals surface area (Å²) in [5.74, 6) is -1.18. The first-order chi connectivity index (χ1) is 17.0. The maximum Gasteiger partial charge on any atom is 0.573 e. The molecule has 2 heterocycles. The van der Waals surface area contributed by atoms with E-state index in [0.29, 0.717) is 17.4 Å². The van der Waals surface area contributed by atoms with Crippen LogP contribution in [0, 0.1) is 11.7 Å². The third kappa shape index (κ3) is 4.58. The number of benzene rings is 2. The number of rotatable bonds is 5. The van der Waals surface area contributed by atoms with Crippen LogP contribution in [0.5, 0.6) is 5.75 Å². The van der Waals surface area contributed by atoms with Gasteiger partial charge in [0.1, 0.15) is 11.6 Å². The van der Waals surface area contributed by atoms with Crippen LogP contribution in [0.3, 0.4) is 0 Å². The van der Waals surface area contributed by atoms with Crippen molar-refractivity contribution in [1.82, 2.24) is 9.47 Å². The van der Waals surface area contributed by atoms with Crippen molar-refractivity contribution in [3.63, 3.8) is 0 Å². The van der Waals surface area contributed by atoms with Crippen molar-refractivity contribution in [3.05, 3.63) is 60.0 Å². The van der Waals surface area contributed by atoms with E-state index in [-0.39, 0.29) is 35.4 Å². The molecule has 1 saturated heterocycles. The lowest BCUT2D eigenvalue weighted by molar-refractivity contribution is -0.274. The highest BCUT2D eigenvalue weighted by Crippen LogP contribution is 2.48. The summed E-state index contributed by atoms with van der Waals surface area (Å²) in [6, 6.07) is 6.52. The molecule has 1 aromatic heterocycles. The number of ketones is 1. The zero-order chi connectivity index (χ0) is 25.8. The molecule has 3 aromatic rings. The van der Waals surface area contributed by atoms with Crippen LogP contribution in [0.4, 0.5) is 32.8 Å². The van der Waals surface area contributed by atoms with E-state index in [1.807, 2.05) is 0 Å². The fourth-order valence-corrected chi connectivity index (χ4v) is 4.87. The van der Waals surface area contributed by atoms with Gasteiger partial charge in [-0.2, -0.15) is 0 Å². The number of ether oxygens (including phenoxy) is 1. The van der Waals surface area contributed by atoms with E-state index in [9.17, 15) is 31.9 Å². The third-order valence-corrected chi connectivity index (χ3v) is 6.47. The number of hydrogen-bond donors (Lipinski definition) is 2. The second-order valence-electron chi connectivity index (χ2n) is 8.90. The molecule has 1 aliphatic heterocycles. The van der Waals surface area contributed by atoms with Crippen LogP contribution in [0.15, 0.2) is 48.7 Å². The maximum absolute atomic E-state index is 13.7. The van der Waals surface area contributed by atoms with Crippen molar-refractivity contribution < 1.29 is 36.7 Å². The number of piperidine rings is 1. The first kappa shape index (κ1) is 23.6. The molecule has 12 heteroatoms. The Labute approximate surface area is 201 Å². The minimum atomic E-state index is -4.85. The minimum Gasteiger partial charge on any atom is -0.406 e. The molecule has 188 valence electrons. The number of aromatic nitrogens is 1. The Bertz CT molecular complexity index is 1390. The second-order valence-corrected chi connectivity index (χ2v) is 8.90. The number of Topliss-reactive ketones (excluding diaryl/α,β-unsaturated/α-hetero) is 1. The average molecular weight is 504 g/mol. The number of likely N-dealkylation sites (tertiary alicyclic amines) is 1. The van der Waals surface area contributed by atoms with E-state index in [2.05, 4.69) is 10.1 Å². The van der Waals surface area contributed by atoms with Crippen molar-refractivity contribution >= 4 is 34.4 Å². The quantitative estimate of drug-likeness (QED) is 0.502. The van der Waals surface area contributed by atoms with Gasteiger partial charge in [0.2, 0.25) is 0 Å². The molecule has 5 rings (SSSR count). The van der Waals surface area contributed by atoms with Crippen LogP contribution in [0.1, 0.15) is 18.4 Å². The molecule has 1 saturated carbocycles. The smallest absolute Gasteiger partial charge is 0.406 e. The highest BCUT2D eigenvalue weighted by atomic mass is 19.4. The van der Waals surface area contributed by atoms with Gasteiger partial charge >= 0.3 is 18.4 Å². The number of amides is 3. The van der Waals surface area contributed by atoms with E-state index in [0.717, 1.165) is 29.2 Å². The van der Waals surface area contributed by atoms with Crippen LogP contribution < -0.4 is 15.8 Å². The number of nitrogens with two attached hydrogens (primary N) is 1. The summed E-state index contributed by atoms with van der Waals surface area (Å²) in [4.78, 5) is 39.6. The van der Waals surface area contributed by atoms with E-state index < -0.39 is 36.0 Å². The van der Waals surface area contributed by atoms with E-state index in [1.165, 1.54) is 35.4 Å². The number of carbonyl (C=O) groups excluding carboxylic acids is 3. The van der Waals surface area contributed by atoms with Crippen LogP contribution in [-0.4, -0.2) is 45.8 Å². The van der Waals surface area contributed by atoms with Crippen molar-refractivity contribution in [2.75, 3.05) is 5.32 Å². The predicted molar refractivity (Wildman–Crippen MR) is 120 cm³/mol. The fourth-order valence-electron chi connectivity index (χ4n) is 4.87. The van der Waals surface area contributed by atoms with Gasteiger partial charge in [-0.3, -0.25) is 9.36 Å². The molecule has 36 heavy (non-hydrogen) atoms. The number of fused-ring (bicyclic) bond motifs is 2. The molecule has 2 aromatic carbocycles. The van der Waals surface area contributed by atoms with Gasteiger partial charge in [-0.05, 0) is 54.7 Å². The van der Waals surface area contributed by atoms with Crippen LogP contribution in [-0.2, 0) is 11.2 Å². The molecule has 3 atom stereocenters. The summed E-state index contributed by atoms with van der Waals surface area (Å²) in [7, 11) is 0. The molecular formula is C24H20F4N4O4. The zero-order valence-electron chi connectivity index (χ0n) is 18.6. The normalized spacial score (nSPS) is 20.8. The molecule has 2 aliphatic rings.